The van der Waals surface area contributed by atoms with Gasteiger partial charge in [0.25, 0.3) is 0 Å². The van der Waals surface area contributed by atoms with Gasteiger partial charge in [-0.05, 0) is 32.1 Å². The molecular weight excluding hydrogens is 611 g/mol. The minimum Gasteiger partial charge on any atom is -0.387 e. The average molecular weight is 687 g/mol. The van der Waals surface area contributed by atoms with Crippen molar-refractivity contribution in [2.45, 2.75) is 193 Å². The number of hydrogen-bond acceptors (Lipinski definition) is 6. The Morgan fingerprint density at radius 3 is 1.64 bits per heavy atom. The monoisotopic (exact) mass is 687 g/mol. The number of allylic oxidation sites excluding steroid dienone is 3. The van der Waals surface area contributed by atoms with Crippen molar-refractivity contribution in [2.24, 2.45) is 5.73 Å². The summed E-state index contributed by atoms with van der Waals surface area (Å²) in [5.41, 5.74) is 5.35. The van der Waals surface area contributed by atoms with Crippen molar-refractivity contribution >= 4 is 13.7 Å². The van der Waals surface area contributed by atoms with Crippen molar-refractivity contribution in [3.05, 3.63) is 24.3 Å². The van der Waals surface area contributed by atoms with E-state index in [4.69, 9.17) is 14.8 Å². The van der Waals surface area contributed by atoms with Gasteiger partial charge in [-0.3, -0.25) is 13.8 Å². The van der Waals surface area contributed by atoms with E-state index < -0.39 is 20.0 Å². The smallest absolute Gasteiger partial charge is 0.387 e. The molecule has 1 amide bonds. The van der Waals surface area contributed by atoms with E-state index in [1.54, 1.807) is 6.08 Å². The Balaban J connectivity index is 4.34. The highest BCUT2D eigenvalue weighted by atomic mass is 31.2. The van der Waals surface area contributed by atoms with E-state index in [0.717, 1.165) is 38.5 Å². The topological polar surface area (TPSA) is 131 Å². The summed E-state index contributed by atoms with van der Waals surface area (Å²) in [6.45, 7) is 4.10. The van der Waals surface area contributed by atoms with Crippen molar-refractivity contribution in [3.63, 3.8) is 0 Å². The second-order valence-corrected chi connectivity index (χ2v) is 14.6. The molecule has 0 aliphatic heterocycles. The van der Waals surface area contributed by atoms with E-state index in [2.05, 4.69) is 31.3 Å². The number of rotatable bonds is 36. The van der Waals surface area contributed by atoms with E-state index in [1.807, 2.05) is 6.08 Å². The number of phosphoric acid groups is 1. The standard InChI is InChI=1S/C38H75N2O6P/c1-3-5-7-9-11-13-15-17-18-19-20-21-23-25-27-29-31-37(41)36(35-46-47(43,44)45-34-33-39)40-38(42)32-30-28-26-24-22-16-14-12-10-8-6-4-2/h21,23,29,31,36-37,41H,3-20,22,24-28,30,32-35,39H2,1-2H3,(H,40,42)(H,43,44)/b23-21+,31-29+. The van der Waals surface area contributed by atoms with Gasteiger partial charge in [-0.1, -0.05) is 167 Å². The summed E-state index contributed by atoms with van der Waals surface area (Å²) >= 11 is 0. The molecule has 0 aliphatic carbocycles. The van der Waals surface area contributed by atoms with Crippen LogP contribution in [0.4, 0.5) is 0 Å². The average Bonchev–Trinajstić information content (AvgIpc) is 3.05. The summed E-state index contributed by atoms with van der Waals surface area (Å²) in [6.07, 6.45) is 37.9. The van der Waals surface area contributed by atoms with Gasteiger partial charge in [0.05, 0.1) is 25.4 Å². The second-order valence-electron chi connectivity index (χ2n) is 13.1. The van der Waals surface area contributed by atoms with Crippen LogP contribution < -0.4 is 11.1 Å². The van der Waals surface area contributed by atoms with Crippen LogP contribution in [0.15, 0.2) is 24.3 Å². The number of aliphatic hydroxyl groups excluding tert-OH is 1. The van der Waals surface area contributed by atoms with E-state index in [9.17, 15) is 19.4 Å². The number of phosphoric ester groups is 1. The third kappa shape index (κ3) is 33.3. The van der Waals surface area contributed by atoms with Crippen LogP contribution in [-0.2, 0) is 18.4 Å². The van der Waals surface area contributed by atoms with E-state index in [1.165, 1.54) is 122 Å². The Labute approximate surface area is 289 Å². The lowest BCUT2D eigenvalue weighted by Gasteiger charge is -2.23. The third-order valence-electron chi connectivity index (χ3n) is 8.53. The van der Waals surface area contributed by atoms with Crippen LogP contribution in [0.25, 0.3) is 0 Å². The van der Waals surface area contributed by atoms with Gasteiger partial charge in [-0.15, -0.1) is 0 Å². The maximum Gasteiger partial charge on any atom is 0.472 e. The maximum absolute atomic E-state index is 12.7. The zero-order chi connectivity index (χ0) is 34.7. The lowest BCUT2D eigenvalue weighted by atomic mass is 10.0. The van der Waals surface area contributed by atoms with Crippen molar-refractivity contribution < 1.29 is 28.4 Å². The normalized spacial score (nSPS) is 14.6. The molecule has 0 aliphatic rings. The number of carbonyl (C=O) groups is 1. The Bertz CT molecular complexity index is 794. The van der Waals surface area contributed by atoms with E-state index in [-0.39, 0.29) is 25.7 Å². The number of unbranched alkanes of at least 4 members (excludes halogenated alkanes) is 22. The van der Waals surface area contributed by atoms with E-state index in [0.29, 0.717) is 6.42 Å². The number of nitrogens with one attached hydrogen (secondary N) is 1. The Morgan fingerprint density at radius 2 is 1.13 bits per heavy atom. The molecule has 0 aromatic heterocycles. The first-order chi connectivity index (χ1) is 22.9. The summed E-state index contributed by atoms with van der Waals surface area (Å²) in [7, 11) is -4.34. The Morgan fingerprint density at radius 1 is 0.681 bits per heavy atom. The summed E-state index contributed by atoms with van der Waals surface area (Å²) in [6, 6.07) is -0.870. The van der Waals surface area contributed by atoms with E-state index >= 15 is 0 Å². The predicted octanol–water partition coefficient (Wildman–Crippen LogP) is 10.2. The zero-order valence-electron chi connectivity index (χ0n) is 30.5. The molecule has 5 N–H and O–H groups in total. The molecule has 0 heterocycles. The van der Waals surface area contributed by atoms with Gasteiger partial charge >= 0.3 is 7.82 Å². The predicted molar refractivity (Wildman–Crippen MR) is 198 cm³/mol. The van der Waals surface area contributed by atoms with Gasteiger partial charge in [0.15, 0.2) is 0 Å². The van der Waals surface area contributed by atoms with Gasteiger partial charge in [-0.25, -0.2) is 4.57 Å². The molecule has 0 saturated heterocycles. The van der Waals surface area contributed by atoms with Crippen molar-refractivity contribution in [2.75, 3.05) is 19.8 Å². The lowest BCUT2D eigenvalue weighted by Crippen LogP contribution is -2.45. The fraction of sp³-hybridized carbons (Fsp3) is 0.868. The van der Waals surface area contributed by atoms with Gasteiger partial charge in [-0.2, -0.15) is 0 Å². The quantitative estimate of drug-likeness (QED) is 0.0293. The van der Waals surface area contributed by atoms with Crippen LogP contribution >= 0.6 is 7.82 Å². The molecule has 8 nitrogen and oxygen atoms in total. The number of hydrogen-bond donors (Lipinski definition) is 4. The molecule has 0 aromatic rings. The fourth-order valence-electron chi connectivity index (χ4n) is 5.56. The molecule has 0 rings (SSSR count). The molecule has 3 unspecified atom stereocenters. The first-order valence-electron chi connectivity index (χ1n) is 19.5. The van der Waals surface area contributed by atoms with Crippen molar-refractivity contribution in [1.82, 2.24) is 5.32 Å². The molecule has 0 radical (unpaired) electrons. The summed E-state index contributed by atoms with van der Waals surface area (Å²) < 4.78 is 22.0. The van der Waals surface area contributed by atoms with Crippen LogP contribution in [0.1, 0.15) is 181 Å². The van der Waals surface area contributed by atoms with Crippen LogP contribution in [-0.4, -0.2) is 47.8 Å². The zero-order valence-corrected chi connectivity index (χ0v) is 31.4. The molecule has 47 heavy (non-hydrogen) atoms. The van der Waals surface area contributed by atoms with Gasteiger partial charge in [0.1, 0.15) is 0 Å². The Kier molecular flexibility index (Phi) is 34.1. The summed E-state index contributed by atoms with van der Waals surface area (Å²) in [4.78, 5) is 22.6. The molecule has 0 bridgehead atoms. The SMILES string of the molecule is CCCCCCCCCCCC/C=C/CC/C=C/C(O)C(COP(=O)(O)OCCN)NC(=O)CCCCCCCCCCCCCC. The van der Waals surface area contributed by atoms with Crippen LogP contribution in [0, 0.1) is 0 Å². The molecule has 0 spiro atoms. The minimum absolute atomic E-state index is 0.0756. The lowest BCUT2D eigenvalue weighted by molar-refractivity contribution is -0.123. The molecule has 0 fully saturated rings. The first-order valence-corrected chi connectivity index (χ1v) is 21.0. The minimum atomic E-state index is -4.34. The summed E-state index contributed by atoms with van der Waals surface area (Å²) in [5, 5.41) is 13.6. The summed E-state index contributed by atoms with van der Waals surface area (Å²) in [5.74, 6) is -0.205. The van der Waals surface area contributed by atoms with Crippen LogP contribution in [0.3, 0.4) is 0 Å². The van der Waals surface area contributed by atoms with Gasteiger partial charge in [0, 0.05) is 13.0 Å². The first kappa shape index (κ1) is 46.0. The molecular formula is C38H75N2O6P. The molecule has 3 atom stereocenters. The highest BCUT2D eigenvalue weighted by molar-refractivity contribution is 7.47. The number of amides is 1. The van der Waals surface area contributed by atoms with Gasteiger partial charge in [0.2, 0.25) is 5.91 Å². The van der Waals surface area contributed by atoms with Crippen molar-refractivity contribution in [1.29, 1.82) is 0 Å². The molecule has 9 heteroatoms. The largest absolute Gasteiger partial charge is 0.472 e. The van der Waals surface area contributed by atoms with Crippen molar-refractivity contribution in [3.8, 4) is 0 Å². The number of aliphatic hydroxyl groups is 1. The highest BCUT2D eigenvalue weighted by Crippen LogP contribution is 2.43. The van der Waals surface area contributed by atoms with Crippen LogP contribution in [0.5, 0.6) is 0 Å². The van der Waals surface area contributed by atoms with Gasteiger partial charge < -0.3 is 21.1 Å². The molecule has 278 valence electrons. The Hall–Kier alpha value is -1.02. The molecule has 0 saturated carbocycles. The fourth-order valence-corrected chi connectivity index (χ4v) is 6.32. The molecule has 0 aromatic carbocycles. The number of nitrogens with two attached hydrogens (primary N) is 1. The number of carbonyl (C=O) groups excluding carboxylic acids is 1. The highest BCUT2D eigenvalue weighted by Gasteiger charge is 2.26. The van der Waals surface area contributed by atoms with Crippen LogP contribution in [0.2, 0.25) is 0 Å². The second kappa shape index (κ2) is 34.8. The third-order valence-corrected chi connectivity index (χ3v) is 9.51. The maximum atomic E-state index is 12.7.